The number of carbonyl (C=O) groups excluding carboxylic acids is 2. The Kier molecular flexibility index (Phi) is 7.80. The minimum Gasteiger partial charge on any atom is -0.478 e. The largest absolute Gasteiger partial charge is 0.478 e. The van der Waals surface area contributed by atoms with E-state index in [1.807, 2.05) is 0 Å². The second kappa shape index (κ2) is 9.61. The van der Waals surface area contributed by atoms with Crippen molar-refractivity contribution in [3.63, 3.8) is 0 Å². The minimum atomic E-state index is -1.18. The lowest BCUT2D eigenvalue weighted by atomic mass is 10.0. The monoisotopic (exact) mass is 322 g/mol. The lowest BCUT2D eigenvalue weighted by Gasteiger charge is -2.10. The van der Waals surface area contributed by atoms with Crippen molar-refractivity contribution in [2.24, 2.45) is 0 Å². The van der Waals surface area contributed by atoms with E-state index in [2.05, 4.69) is 6.92 Å². The van der Waals surface area contributed by atoms with Crippen molar-refractivity contribution in [3.8, 4) is 0 Å². The van der Waals surface area contributed by atoms with Crippen LogP contribution in [0.15, 0.2) is 18.2 Å². The van der Waals surface area contributed by atoms with Crippen LogP contribution >= 0.6 is 0 Å². The van der Waals surface area contributed by atoms with Gasteiger partial charge in [-0.1, -0.05) is 26.2 Å². The van der Waals surface area contributed by atoms with Crippen molar-refractivity contribution in [1.82, 2.24) is 0 Å². The zero-order valence-corrected chi connectivity index (χ0v) is 13.5. The predicted molar refractivity (Wildman–Crippen MR) is 83.8 cm³/mol. The number of rotatable bonds is 9. The van der Waals surface area contributed by atoms with Gasteiger partial charge in [0.1, 0.15) is 0 Å². The first kappa shape index (κ1) is 18.7. The summed E-state index contributed by atoms with van der Waals surface area (Å²) in [6.07, 6.45) is 3.80. The molecule has 0 saturated carbocycles. The smallest absolute Gasteiger partial charge is 0.339 e. The summed E-state index contributed by atoms with van der Waals surface area (Å²) in [7, 11) is 0. The molecule has 0 saturated heterocycles. The van der Waals surface area contributed by atoms with Gasteiger partial charge in [0.2, 0.25) is 0 Å². The summed E-state index contributed by atoms with van der Waals surface area (Å²) < 4.78 is 10.0. The summed E-state index contributed by atoms with van der Waals surface area (Å²) in [5.41, 5.74) is -0.162. The first-order chi connectivity index (χ1) is 11.0. The fourth-order valence-corrected chi connectivity index (χ4v) is 2.00. The number of benzene rings is 1. The van der Waals surface area contributed by atoms with Gasteiger partial charge in [-0.2, -0.15) is 0 Å². The molecule has 1 rings (SSSR count). The molecule has 0 aliphatic heterocycles. The second-order valence-electron chi connectivity index (χ2n) is 4.98. The second-order valence-corrected chi connectivity index (χ2v) is 4.98. The van der Waals surface area contributed by atoms with E-state index in [1.165, 1.54) is 12.1 Å². The third-order valence-corrected chi connectivity index (χ3v) is 3.21. The summed E-state index contributed by atoms with van der Waals surface area (Å²) in [5.74, 6) is -2.58. The van der Waals surface area contributed by atoms with Crippen molar-refractivity contribution in [2.45, 2.75) is 39.5 Å². The van der Waals surface area contributed by atoms with Gasteiger partial charge < -0.3 is 14.6 Å². The summed E-state index contributed by atoms with van der Waals surface area (Å²) in [4.78, 5) is 35.1. The fourth-order valence-electron chi connectivity index (χ4n) is 2.00. The molecule has 0 spiro atoms. The molecule has 0 amide bonds. The number of aromatic carboxylic acids is 1. The van der Waals surface area contributed by atoms with E-state index >= 15 is 0 Å². The standard InChI is InChI=1S/C17H22O6/c1-3-5-6-7-10-23-17(21)14-11-12(15(18)19)8-9-13(14)16(20)22-4-2/h8-9,11H,3-7,10H2,1-2H3,(H,18,19). The quantitative estimate of drug-likeness (QED) is 0.554. The van der Waals surface area contributed by atoms with Crippen LogP contribution in [0.25, 0.3) is 0 Å². The maximum atomic E-state index is 12.2. The number of carboxylic acid groups (broad SMARTS) is 1. The van der Waals surface area contributed by atoms with E-state index in [0.717, 1.165) is 31.7 Å². The van der Waals surface area contributed by atoms with Crippen LogP contribution in [0.1, 0.15) is 70.6 Å². The molecular weight excluding hydrogens is 300 g/mol. The lowest BCUT2D eigenvalue weighted by molar-refractivity contribution is 0.0462. The Hall–Kier alpha value is -2.37. The number of carboxylic acids is 1. The Balaban J connectivity index is 2.90. The first-order valence-corrected chi connectivity index (χ1v) is 7.72. The van der Waals surface area contributed by atoms with Crippen LogP contribution in [0.4, 0.5) is 0 Å². The molecule has 1 N–H and O–H groups in total. The van der Waals surface area contributed by atoms with Gasteiger partial charge >= 0.3 is 17.9 Å². The Morgan fingerprint density at radius 2 is 1.65 bits per heavy atom. The molecular formula is C17H22O6. The van der Waals surface area contributed by atoms with Crippen LogP contribution in [-0.2, 0) is 9.47 Å². The molecule has 0 atom stereocenters. The molecule has 6 nitrogen and oxygen atoms in total. The molecule has 23 heavy (non-hydrogen) atoms. The first-order valence-electron chi connectivity index (χ1n) is 7.72. The van der Waals surface area contributed by atoms with Gasteiger partial charge in [-0.25, -0.2) is 14.4 Å². The van der Waals surface area contributed by atoms with Gasteiger partial charge in [0.15, 0.2) is 0 Å². The van der Waals surface area contributed by atoms with Gasteiger partial charge in [-0.3, -0.25) is 0 Å². The summed E-state index contributed by atoms with van der Waals surface area (Å²) in [5, 5.41) is 9.03. The Labute approximate surface area is 135 Å². The molecule has 0 aliphatic rings. The van der Waals surface area contributed by atoms with E-state index in [1.54, 1.807) is 6.92 Å². The highest BCUT2D eigenvalue weighted by atomic mass is 16.5. The molecule has 126 valence electrons. The van der Waals surface area contributed by atoms with E-state index < -0.39 is 17.9 Å². The molecule has 1 aromatic rings. The summed E-state index contributed by atoms with van der Waals surface area (Å²) in [6, 6.07) is 3.67. The topological polar surface area (TPSA) is 89.9 Å². The normalized spacial score (nSPS) is 10.2. The average Bonchev–Trinajstić information content (AvgIpc) is 2.54. The van der Waals surface area contributed by atoms with E-state index in [9.17, 15) is 14.4 Å². The van der Waals surface area contributed by atoms with Gasteiger partial charge in [0, 0.05) is 0 Å². The SMILES string of the molecule is CCCCCCOC(=O)c1cc(C(=O)O)ccc1C(=O)OCC. The number of hydrogen-bond acceptors (Lipinski definition) is 5. The molecule has 1 aromatic carbocycles. The van der Waals surface area contributed by atoms with Crippen LogP contribution in [-0.4, -0.2) is 36.2 Å². The zero-order valence-electron chi connectivity index (χ0n) is 13.5. The number of unbranched alkanes of at least 4 members (excludes halogenated alkanes) is 3. The van der Waals surface area contributed by atoms with Crippen LogP contribution in [0, 0.1) is 0 Å². The number of ether oxygens (including phenoxy) is 2. The molecule has 0 fully saturated rings. The van der Waals surface area contributed by atoms with Crippen LogP contribution in [0.5, 0.6) is 0 Å². The van der Waals surface area contributed by atoms with Crippen molar-refractivity contribution in [3.05, 3.63) is 34.9 Å². The van der Waals surface area contributed by atoms with Crippen LogP contribution in [0.3, 0.4) is 0 Å². The zero-order chi connectivity index (χ0) is 17.2. The van der Waals surface area contributed by atoms with E-state index in [4.69, 9.17) is 14.6 Å². The fraction of sp³-hybridized carbons (Fsp3) is 0.471. The number of hydrogen-bond donors (Lipinski definition) is 1. The van der Waals surface area contributed by atoms with Gasteiger partial charge in [0.05, 0.1) is 29.9 Å². The summed E-state index contributed by atoms with van der Waals surface area (Å²) >= 11 is 0. The third kappa shape index (κ3) is 5.73. The van der Waals surface area contributed by atoms with Crippen molar-refractivity contribution in [1.29, 1.82) is 0 Å². The maximum Gasteiger partial charge on any atom is 0.339 e. The molecule has 0 heterocycles. The highest BCUT2D eigenvalue weighted by Gasteiger charge is 2.21. The Bertz CT molecular complexity index is 564. The number of esters is 2. The predicted octanol–water partition coefficient (Wildman–Crippen LogP) is 3.30. The minimum absolute atomic E-state index is 0.00964. The van der Waals surface area contributed by atoms with E-state index in [0.29, 0.717) is 0 Å². The molecule has 0 bridgehead atoms. The molecule has 6 heteroatoms. The third-order valence-electron chi connectivity index (χ3n) is 3.21. The van der Waals surface area contributed by atoms with Crippen LogP contribution < -0.4 is 0 Å². The van der Waals surface area contributed by atoms with Crippen molar-refractivity contribution >= 4 is 17.9 Å². The molecule has 0 radical (unpaired) electrons. The Morgan fingerprint density at radius 1 is 0.957 bits per heavy atom. The summed E-state index contributed by atoms with van der Waals surface area (Å²) in [6.45, 7) is 4.12. The van der Waals surface area contributed by atoms with Gasteiger partial charge in [-0.15, -0.1) is 0 Å². The van der Waals surface area contributed by atoms with Crippen LogP contribution in [0.2, 0.25) is 0 Å². The lowest BCUT2D eigenvalue weighted by Crippen LogP contribution is -2.16. The number of carbonyl (C=O) groups is 3. The molecule has 0 aliphatic carbocycles. The van der Waals surface area contributed by atoms with E-state index in [-0.39, 0.29) is 29.9 Å². The van der Waals surface area contributed by atoms with Gasteiger partial charge in [-0.05, 0) is 31.5 Å². The maximum absolute atomic E-state index is 12.2. The van der Waals surface area contributed by atoms with Crippen molar-refractivity contribution < 1.29 is 29.0 Å². The highest BCUT2D eigenvalue weighted by molar-refractivity contribution is 6.05. The molecule has 0 aromatic heterocycles. The Morgan fingerprint density at radius 3 is 2.26 bits per heavy atom. The molecule has 0 unspecified atom stereocenters. The highest BCUT2D eigenvalue weighted by Crippen LogP contribution is 2.16. The van der Waals surface area contributed by atoms with Crippen molar-refractivity contribution in [2.75, 3.05) is 13.2 Å². The average molecular weight is 322 g/mol. The van der Waals surface area contributed by atoms with Gasteiger partial charge in [0.25, 0.3) is 0 Å².